The van der Waals surface area contributed by atoms with E-state index in [1.165, 1.54) is 71.6 Å². The molecule has 0 atom stereocenters. The Balaban J connectivity index is 1.44. The summed E-state index contributed by atoms with van der Waals surface area (Å²) in [6.45, 7) is 0. The zero-order chi connectivity index (χ0) is 29.0. The molecule has 0 spiro atoms. The van der Waals surface area contributed by atoms with Crippen LogP contribution in [0.15, 0.2) is 170 Å². The van der Waals surface area contributed by atoms with Gasteiger partial charge in [-0.1, -0.05) is 127 Å². The minimum Gasteiger partial charge on any atom is -0.309 e. The molecule has 2 nitrogen and oxygen atoms in total. The molecular weight excluding hydrogens is 532 g/mol. The number of fused-ring (bicyclic) bond motifs is 7. The van der Waals surface area contributed by atoms with Crippen LogP contribution in [0.1, 0.15) is 0 Å². The third-order valence-electron chi connectivity index (χ3n) is 8.90. The number of benzene rings is 7. The molecule has 9 rings (SSSR count). The molecule has 0 fully saturated rings. The van der Waals surface area contributed by atoms with Crippen LogP contribution in [-0.4, -0.2) is 9.13 Å². The monoisotopic (exact) mass is 560 g/mol. The summed E-state index contributed by atoms with van der Waals surface area (Å²) in [5.74, 6) is 0. The first-order valence-corrected chi connectivity index (χ1v) is 15.1. The number of rotatable bonds is 4. The highest BCUT2D eigenvalue weighted by Crippen LogP contribution is 2.43. The molecule has 0 unspecified atom stereocenters. The van der Waals surface area contributed by atoms with Crippen molar-refractivity contribution >= 4 is 43.6 Å². The second-order valence-corrected chi connectivity index (χ2v) is 11.4. The van der Waals surface area contributed by atoms with Gasteiger partial charge in [0.25, 0.3) is 0 Å². The van der Waals surface area contributed by atoms with E-state index in [1.807, 2.05) is 0 Å². The molecule has 0 aliphatic carbocycles. The first kappa shape index (κ1) is 24.7. The van der Waals surface area contributed by atoms with Crippen molar-refractivity contribution in [1.82, 2.24) is 9.13 Å². The lowest BCUT2D eigenvalue weighted by atomic mass is 10.0. The third kappa shape index (κ3) is 3.75. The molecule has 0 saturated heterocycles. The Morgan fingerprint density at radius 1 is 0.295 bits per heavy atom. The van der Waals surface area contributed by atoms with Crippen molar-refractivity contribution < 1.29 is 0 Å². The van der Waals surface area contributed by atoms with Crippen LogP contribution >= 0.6 is 0 Å². The second-order valence-electron chi connectivity index (χ2n) is 11.4. The maximum atomic E-state index is 2.45. The van der Waals surface area contributed by atoms with Gasteiger partial charge in [0.1, 0.15) is 0 Å². The lowest BCUT2D eigenvalue weighted by Gasteiger charge is -2.12. The Morgan fingerprint density at radius 2 is 0.886 bits per heavy atom. The summed E-state index contributed by atoms with van der Waals surface area (Å²) in [6, 6.07) is 61.4. The van der Waals surface area contributed by atoms with Gasteiger partial charge in [0.05, 0.1) is 22.1 Å². The van der Waals surface area contributed by atoms with E-state index >= 15 is 0 Å². The smallest absolute Gasteiger partial charge is 0.0641 e. The van der Waals surface area contributed by atoms with Gasteiger partial charge >= 0.3 is 0 Å². The Kier molecular flexibility index (Phi) is 5.54. The molecule has 7 aromatic carbocycles. The van der Waals surface area contributed by atoms with Crippen molar-refractivity contribution in [2.24, 2.45) is 0 Å². The van der Waals surface area contributed by atoms with Crippen molar-refractivity contribution in [3.05, 3.63) is 170 Å². The fourth-order valence-corrected chi connectivity index (χ4v) is 6.95. The minimum absolute atomic E-state index is 1.15. The average Bonchev–Trinajstić information content (AvgIpc) is 3.62. The van der Waals surface area contributed by atoms with Crippen LogP contribution < -0.4 is 0 Å². The van der Waals surface area contributed by atoms with E-state index in [0.717, 1.165) is 5.69 Å². The highest BCUT2D eigenvalue weighted by atomic mass is 15.0. The van der Waals surface area contributed by atoms with Gasteiger partial charge in [-0.3, -0.25) is 0 Å². The molecule has 206 valence electrons. The van der Waals surface area contributed by atoms with E-state index in [-0.39, 0.29) is 0 Å². The molecule has 44 heavy (non-hydrogen) atoms. The molecule has 0 aliphatic heterocycles. The molecule has 0 amide bonds. The standard InChI is InChI=1S/C42H28N2/c1-4-13-29(14-5-1)31-17-12-20-34(27-31)43-39-26-25-36-35-21-10-11-22-38(35)44(33-18-8-3-9-19-33)42(36)41(39)37-24-23-32(28-40(37)43)30-15-6-2-7-16-30/h1-28H. The Morgan fingerprint density at radius 3 is 1.64 bits per heavy atom. The van der Waals surface area contributed by atoms with E-state index < -0.39 is 0 Å². The maximum absolute atomic E-state index is 2.45. The fraction of sp³-hybridized carbons (Fsp3) is 0. The van der Waals surface area contributed by atoms with E-state index in [2.05, 4.69) is 179 Å². The van der Waals surface area contributed by atoms with Gasteiger partial charge in [-0.15, -0.1) is 0 Å². The van der Waals surface area contributed by atoms with Crippen LogP contribution in [-0.2, 0) is 0 Å². The molecule has 9 aromatic rings. The lowest BCUT2D eigenvalue weighted by molar-refractivity contribution is 1.17. The van der Waals surface area contributed by atoms with E-state index in [9.17, 15) is 0 Å². The van der Waals surface area contributed by atoms with Crippen molar-refractivity contribution in [2.75, 3.05) is 0 Å². The van der Waals surface area contributed by atoms with E-state index in [0.29, 0.717) is 0 Å². The summed E-state index contributed by atoms with van der Waals surface area (Å²) in [5, 5.41) is 5.04. The van der Waals surface area contributed by atoms with Gasteiger partial charge in [0.2, 0.25) is 0 Å². The van der Waals surface area contributed by atoms with Crippen LogP contribution in [0.5, 0.6) is 0 Å². The highest BCUT2D eigenvalue weighted by Gasteiger charge is 2.21. The second kappa shape index (κ2) is 9.86. The molecule has 2 heteroatoms. The molecule has 2 heterocycles. The number of aromatic nitrogens is 2. The lowest BCUT2D eigenvalue weighted by Crippen LogP contribution is -1.95. The van der Waals surface area contributed by atoms with Crippen LogP contribution in [0.25, 0.3) is 77.2 Å². The topological polar surface area (TPSA) is 9.86 Å². The van der Waals surface area contributed by atoms with Crippen LogP contribution in [0.3, 0.4) is 0 Å². The van der Waals surface area contributed by atoms with Gasteiger partial charge in [-0.05, 0) is 64.7 Å². The summed E-state index contributed by atoms with van der Waals surface area (Å²) in [7, 11) is 0. The van der Waals surface area contributed by atoms with Crippen molar-refractivity contribution in [3.63, 3.8) is 0 Å². The third-order valence-corrected chi connectivity index (χ3v) is 8.90. The molecule has 2 aromatic heterocycles. The number of nitrogens with zero attached hydrogens (tertiary/aromatic N) is 2. The van der Waals surface area contributed by atoms with Gasteiger partial charge in [-0.2, -0.15) is 0 Å². The minimum atomic E-state index is 1.15. The van der Waals surface area contributed by atoms with Crippen molar-refractivity contribution in [1.29, 1.82) is 0 Å². The van der Waals surface area contributed by atoms with Gasteiger partial charge in [0.15, 0.2) is 0 Å². The zero-order valence-corrected chi connectivity index (χ0v) is 24.1. The van der Waals surface area contributed by atoms with Gasteiger partial charge < -0.3 is 9.13 Å². The average molecular weight is 561 g/mol. The number of hydrogen-bond acceptors (Lipinski definition) is 0. The summed E-state index contributed by atoms with van der Waals surface area (Å²) < 4.78 is 4.90. The largest absolute Gasteiger partial charge is 0.309 e. The normalized spacial score (nSPS) is 11.6. The zero-order valence-electron chi connectivity index (χ0n) is 24.1. The van der Waals surface area contributed by atoms with Crippen molar-refractivity contribution in [2.45, 2.75) is 0 Å². The highest BCUT2D eigenvalue weighted by molar-refractivity contribution is 6.26. The quantitative estimate of drug-likeness (QED) is 0.203. The van der Waals surface area contributed by atoms with E-state index in [1.54, 1.807) is 0 Å². The molecule has 0 radical (unpaired) electrons. The van der Waals surface area contributed by atoms with Crippen LogP contribution in [0.4, 0.5) is 0 Å². The first-order valence-electron chi connectivity index (χ1n) is 15.1. The molecule has 0 aliphatic rings. The van der Waals surface area contributed by atoms with Crippen molar-refractivity contribution in [3.8, 4) is 33.6 Å². The van der Waals surface area contributed by atoms with Gasteiger partial charge in [0, 0.05) is 32.9 Å². The Labute approximate surface area is 255 Å². The predicted molar refractivity (Wildman–Crippen MR) is 186 cm³/mol. The molecule has 0 bridgehead atoms. The van der Waals surface area contributed by atoms with Gasteiger partial charge in [-0.25, -0.2) is 0 Å². The molecule has 0 N–H and O–H groups in total. The summed E-state index contributed by atoms with van der Waals surface area (Å²) in [5.41, 5.74) is 12.0. The fourth-order valence-electron chi connectivity index (χ4n) is 6.95. The first-order chi connectivity index (χ1) is 21.8. The summed E-state index contributed by atoms with van der Waals surface area (Å²) in [4.78, 5) is 0. The summed E-state index contributed by atoms with van der Waals surface area (Å²) >= 11 is 0. The van der Waals surface area contributed by atoms with Crippen LogP contribution in [0, 0.1) is 0 Å². The Bertz CT molecular complexity index is 2470. The SMILES string of the molecule is c1ccc(-c2cccc(-n3c4cc(-c5ccccc5)ccc4c4c3ccc3c5ccccc5n(-c5ccccc5)c34)c2)cc1. The maximum Gasteiger partial charge on any atom is 0.0641 e. The van der Waals surface area contributed by atoms with Crippen LogP contribution in [0.2, 0.25) is 0 Å². The number of hydrogen-bond donors (Lipinski definition) is 0. The molecule has 0 saturated carbocycles. The molecular formula is C42H28N2. The van der Waals surface area contributed by atoms with E-state index in [4.69, 9.17) is 0 Å². The summed E-state index contributed by atoms with van der Waals surface area (Å²) in [6.07, 6.45) is 0. The Hall–Kier alpha value is -5.86. The number of para-hydroxylation sites is 2. The predicted octanol–water partition coefficient (Wildman–Crippen LogP) is 11.2.